The number of carboxylic acid groups (broad SMARTS) is 1. The van der Waals surface area contributed by atoms with Crippen molar-refractivity contribution in [2.75, 3.05) is 11.4 Å². The van der Waals surface area contributed by atoms with Gasteiger partial charge in [-0.25, -0.2) is 0 Å². The summed E-state index contributed by atoms with van der Waals surface area (Å²) >= 11 is 0. The molecule has 1 N–H and O–H groups in total. The number of hydrogen-bond acceptors (Lipinski definition) is 2. The number of carboxylic acids is 1. The van der Waals surface area contributed by atoms with Crippen LogP contribution in [0.3, 0.4) is 0 Å². The maximum absolute atomic E-state index is 12.0. The number of benzene rings is 1. The highest BCUT2D eigenvalue weighted by Crippen LogP contribution is 2.20. The highest BCUT2D eigenvalue weighted by atomic mass is 16.4. The van der Waals surface area contributed by atoms with E-state index in [-0.39, 0.29) is 18.9 Å². The lowest BCUT2D eigenvalue weighted by atomic mass is 10.1. The molecule has 1 amide bonds. The number of aliphatic carboxylic acids is 1. The summed E-state index contributed by atoms with van der Waals surface area (Å²) in [6.45, 7) is 4.08. The molecular formula is C14H19NO3. The maximum atomic E-state index is 12.0. The summed E-state index contributed by atoms with van der Waals surface area (Å²) in [6, 6.07) is 7.53. The average Bonchev–Trinajstić information content (AvgIpc) is 2.31. The molecule has 18 heavy (non-hydrogen) atoms. The van der Waals surface area contributed by atoms with Gasteiger partial charge >= 0.3 is 5.97 Å². The minimum absolute atomic E-state index is 0.0203. The largest absolute Gasteiger partial charge is 0.481 e. The molecule has 0 aromatic heterocycles. The van der Waals surface area contributed by atoms with E-state index < -0.39 is 5.97 Å². The van der Waals surface area contributed by atoms with E-state index in [1.807, 2.05) is 38.1 Å². The fourth-order valence-electron chi connectivity index (χ4n) is 1.80. The van der Waals surface area contributed by atoms with Gasteiger partial charge in [0.2, 0.25) is 5.91 Å². The predicted octanol–water partition coefficient (Wildman–Crippen LogP) is 2.60. The highest BCUT2D eigenvalue weighted by molar-refractivity contribution is 5.94. The molecule has 0 heterocycles. The van der Waals surface area contributed by atoms with Gasteiger partial charge in [0.25, 0.3) is 0 Å². The molecule has 0 aliphatic heterocycles. The molecule has 0 saturated heterocycles. The quantitative estimate of drug-likeness (QED) is 0.843. The fraction of sp³-hybridized carbons (Fsp3) is 0.429. The van der Waals surface area contributed by atoms with Gasteiger partial charge < -0.3 is 10.0 Å². The zero-order valence-electron chi connectivity index (χ0n) is 10.8. The fourth-order valence-corrected chi connectivity index (χ4v) is 1.80. The molecule has 4 heteroatoms. The van der Waals surface area contributed by atoms with Gasteiger partial charge in [-0.1, -0.05) is 25.1 Å². The maximum Gasteiger partial charge on any atom is 0.305 e. The van der Waals surface area contributed by atoms with Crippen LogP contribution in [0.1, 0.15) is 31.7 Å². The number of carbonyl (C=O) groups is 2. The van der Waals surface area contributed by atoms with Crippen molar-refractivity contribution in [3.05, 3.63) is 29.8 Å². The Bertz CT molecular complexity index is 429. The van der Waals surface area contributed by atoms with Gasteiger partial charge in [-0.2, -0.15) is 0 Å². The van der Waals surface area contributed by atoms with Crippen LogP contribution in [0.4, 0.5) is 5.69 Å². The van der Waals surface area contributed by atoms with E-state index in [1.54, 1.807) is 4.90 Å². The van der Waals surface area contributed by atoms with Gasteiger partial charge in [-0.05, 0) is 25.0 Å². The van der Waals surface area contributed by atoms with Crippen LogP contribution in [0.15, 0.2) is 24.3 Å². The van der Waals surface area contributed by atoms with E-state index in [2.05, 4.69) is 0 Å². The van der Waals surface area contributed by atoms with Gasteiger partial charge in [0.05, 0.1) is 6.42 Å². The molecule has 0 bridgehead atoms. The smallest absolute Gasteiger partial charge is 0.305 e. The van der Waals surface area contributed by atoms with Crippen LogP contribution in [0.25, 0.3) is 0 Å². The first-order valence-corrected chi connectivity index (χ1v) is 6.14. The number of carbonyl (C=O) groups excluding carboxylic acids is 1. The van der Waals surface area contributed by atoms with Crippen LogP contribution in [0.5, 0.6) is 0 Å². The van der Waals surface area contributed by atoms with E-state index in [4.69, 9.17) is 5.11 Å². The standard InChI is InChI=1S/C14H19NO3/c1-3-6-13(16)15(10-9-14(17)18)12-8-5-4-7-11(12)2/h4-5,7-8H,3,6,9-10H2,1-2H3,(H,17,18). The van der Waals surface area contributed by atoms with Crippen molar-refractivity contribution in [2.45, 2.75) is 33.1 Å². The summed E-state index contributed by atoms with van der Waals surface area (Å²) < 4.78 is 0. The summed E-state index contributed by atoms with van der Waals surface area (Å²) in [7, 11) is 0. The monoisotopic (exact) mass is 249 g/mol. The third-order valence-electron chi connectivity index (χ3n) is 2.72. The number of nitrogens with zero attached hydrogens (tertiary/aromatic N) is 1. The number of rotatable bonds is 6. The van der Waals surface area contributed by atoms with Crippen LogP contribution < -0.4 is 4.90 Å². The topological polar surface area (TPSA) is 57.6 Å². The Hall–Kier alpha value is -1.84. The van der Waals surface area contributed by atoms with Crippen LogP contribution in [0, 0.1) is 6.92 Å². The SMILES string of the molecule is CCCC(=O)N(CCC(=O)O)c1ccccc1C. The van der Waals surface area contributed by atoms with Crippen molar-refractivity contribution in [2.24, 2.45) is 0 Å². The first-order chi connectivity index (χ1) is 8.56. The van der Waals surface area contributed by atoms with E-state index in [0.717, 1.165) is 17.7 Å². The predicted molar refractivity (Wildman–Crippen MR) is 70.7 cm³/mol. The first kappa shape index (κ1) is 14.2. The molecule has 1 rings (SSSR count). The Morgan fingerprint density at radius 1 is 1.22 bits per heavy atom. The van der Waals surface area contributed by atoms with Crippen molar-refractivity contribution in [3.8, 4) is 0 Å². The lowest BCUT2D eigenvalue weighted by molar-refractivity contribution is -0.136. The number of amides is 1. The number of anilines is 1. The Labute approximate surface area is 107 Å². The van der Waals surface area contributed by atoms with Crippen molar-refractivity contribution >= 4 is 17.6 Å². The molecule has 0 radical (unpaired) electrons. The third-order valence-corrected chi connectivity index (χ3v) is 2.72. The minimum atomic E-state index is -0.891. The summed E-state index contributed by atoms with van der Waals surface area (Å²) in [4.78, 5) is 24.3. The molecule has 0 unspecified atom stereocenters. The Kier molecular flexibility index (Phi) is 5.36. The van der Waals surface area contributed by atoms with Crippen LogP contribution >= 0.6 is 0 Å². The number of para-hydroxylation sites is 1. The zero-order valence-corrected chi connectivity index (χ0v) is 10.8. The molecule has 0 atom stereocenters. The van der Waals surface area contributed by atoms with Crippen molar-refractivity contribution in [1.29, 1.82) is 0 Å². The number of hydrogen-bond donors (Lipinski definition) is 1. The van der Waals surface area contributed by atoms with Crippen molar-refractivity contribution in [1.82, 2.24) is 0 Å². The van der Waals surface area contributed by atoms with Crippen molar-refractivity contribution < 1.29 is 14.7 Å². The lowest BCUT2D eigenvalue weighted by Crippen LogP contribution is -2.33. The third kappa shape index (κ3) is 3.87. The first-order valence-electron chi connectivity index (χ1n) is 6.14. The van der Waals surface area contributed by atoms with Crippen LogP contribution in [-0.2, 0) is 9.59 Å². The van der Waals surface area contributed by atoms with Gasteiger partial charge in [0.15, 0.2) is 0 Å². The Morgan fingerprint density at radius 2 is 1.89 bits per heavy atom. The van der Waals surface area contributed by atoms with E-state index in [1.165, 1.54) is 0 Å². The van der Waals surface area contributed by atoms with Crippen LogP contribution in [-0.4, -0.2) is 23.5 Å². The molecule has 0 aliphatic carbocycles. The summed E-state index contributed by atoms with van der Waals surface area (Å²) in [5.74, 6) is -0.911. The Balaban J connectivity index is 2.93. The molecule has 0 spiro atoms. The molecule has 0 aliphatic rings. The molecule has 4 nitrogen and oxygen atoms in total. The summed E-state index contributed by atoms with van der Waals surface area (Å²) in [5.41, 5.74) is 1.78. The van der Waals surface area contributed by atoms with Gasteiger partial charge in [0.1, 0.15) is 0 Å². The lowest BCUT2D eigenvalue weighted by Gasteiger charge is -2.23. The van der Waals surface area contributed by atoms with Gasteiger partial charge in [-0.3, -0.25) is 9.59 Å². The van der Waals surface area contributed by atoms with Crippen molar-refractivity contribution in [3.63, 3.8) is 0 Å². The highest BCUT2D eigenvalue weighted by Gasteiger charge is 2.17. The van der Waals surface area contributed by atoms with Gasteiger partial charge in [-0.15, -0.1) is 0 Å². The molecule has 0 fully saturated rings. The summed E-state index contributed by atoms with van der Waals surface area (Å²) in [6.07, 6.45) is 1.16. The molecule has 98 valence electrons. The zero-order chi connectivity index (χ0) is 13.5. The van der Waals surface area contributed by atoms with Gasteiger partial charge in [0, 0.05) is 18.7 Å². The van der Waals surface area contributed by atoms with E-state index in [0.29, 0.717) is 6.42 Å². The molecular weight excluding hydrogens is 230 g/mol. The molecule has 1 aromatic carbocycles. The average molecular weight is 249 g/mol. The summed E-state index contributed by atoms with van der Waals surface area (Å²) in [5, 5.41) is 8.75. The second-order valence-corrected chi connectivity index (χ2v) is 4.23. The molecule has 1 aromatic rings. The minimum Gasteiger partial charge on any atom is -0.481 e. The number of aryl methyl sites for hydroxylation is 1. The van der Waals surface area contributed by atoms with E-state index in [9.17, 15) is 9.59 Å². The molecule has 0 saturated carbocycles. The van der Waals surface area contributed by atoms with Crippen LogP contribution in [0.2, 0.25) is 0 Å². The van der Waals surface area contributed by atoms with E-state index >= 15 is 0 Å². The second kappa shape index (κ2) is 6.79. The Morgan fingerprint density at radius 3 is 2.44 bits per heavy atom. The second-order valence-electron chi connectivity index (χ2n) is 4.23. The normalized spacial score (nSPS) is 10.1.